The molecule has 19 heavy (non-hydrogen) atoms. The topological polar surface area (TPSA) is 110 Å². The second-order valence-corrected chi connectivity index (χ2v) is 6.23. The molecule has 0 fully saturated rings. The molecule has 0 atom stereocenters. The SMILES string of the molecule is CC(C)N(CCCO)c1cc(N)cc(S(N)(=O)=O)c1. The first-order valence-corrected chi connectivity index (χ1v) is 7.61. The Hall–Kier alpha value is -1.31. The fraction of sp³-hybridized carbons (Fsp3) is 0.500. The van der Waals surface area contributed by atoms with Crippen LogP contribution in [0.25, 0.3) is 0 Å². The van der Waals surface area contributed by atoms with Crippen molar-refractivity contribution in [1.29, 1.82) is 0 Å². The van der Waals surface area contributed by atoms with Gasteiger partial charge in [-0.1, -0.05) is 0 Å². The molecule has 0 unspecified atom stereocenters. The molecule has 0 aliphatic carbocycles. The van der Waals surface area contributed by atoms with E-state index in [1.54, 1.807) is 6.07 Å². The molecule has 0 radical (unpaired) electrons. The maximum Gasteiger partial charge on any atom is 0.238 e. The van der Waals surface area contributed by atoms with Crippen LogP contribution in [0.5, 0.6) is 0 Å². The van der Waals surface area contributed by atoms with Gasteiger partial charge in [0.1, 0.15) is 0 Å². The number of rotatable bonds is 6. The normalized spacial score (nSPS) is 11.8. The molecule has 6 nitrogen and oxygen atoms in total. The lowest BCUT2D eigenvalue weighted by molar-refractivity contribution is 0.288. The summed E-state index contributed by atoms with van der Waals surface area (Å²) in [6, 6.07) is 4.69. The van der Waals surface area contributed by atoms with Gasteiger partial charge in [0.25, 0.3) is 0 Å². The molecule has 0 saturated carbocycles. The number of nitrogens with zero attached hydrogens (tertiary/aromatic N) is 1. The van der Waals surface area contributed by atoms with E-state index < -0.39 is 10.0 Å². The highest BCUT2D eigenvalue weighted by Crippen LogP contribution is 2.24. The lowest BCUT2D eigenvalue weighted by atomic mass is 10.2. The summed E-state index contributed by atoms with van der Waals surface area (Å²) in [4.78, 5) is 1.97. The van der Waals surface area contributed by atoms with Crippen LogP contribution in [0.1, 0.15) is 20.3 Å². The quantitative estimate of drug-likeness (QED) is 0.660. The van der Waals surface area contributed by atoms with Crippen LogP contribution < -0.4 is 15.8 Å². The van der Waals surface area contributed by atoms with E-state index >= 15 is 0 Å². The molecule has 0 aromatic heterocycles. The molecule has 5 N–H and O–H groups in total. The van der Waals surface area contributed by atoms with E-state index in [0.29, 0.717) is 24.3 Å². The minimum atomic E-state index is -3.78. The van der Waals surface area contributed by atoms with Gasteiger partial charge in [-0.2, -0.15) is 0 Å². The van der Waals surface area contributed by atoms with Crippen molar-refractivity contribution in [2.24, 2.45) is 5.14 Å². The number of sulfonamides is 1. The second kappa shape index (κ2) is 6.23. The Labute approximate surface area is 114 Å². The van der Waals surface area contributed by atoms with Gasteiger partial charge >= 0.3 is 0 Å². The molecule has 0 spiro atoms. The molecule has 0 saturated heterocycles. The number of anilines is 2. The third kappa shape index (κ3) is 4.38. The number of hydrogen-bond acceptors (Lipinski definition) is 5. The summed E-state index contributed by atoms with van der Waals surface area (Å²) in [7, 11) is -3.78. The standard InChI is InChI=1S/C12H21N3O3S/c1-9(2)15(4-3-5-16)11-6-10(13)7-12(8-11)19(14,17)18/h6-9,16H,3-5,13H2,1-2H3,(H2,14,17,18). The van der Waals surface area contributed by atoms with Crippen LogP contribution in [0.3, 0.4) is 0 Å². The summed E-state index contributed by atoms with van der Waals surface area (Å²) in [5.74, 6) is 0. The Balaban J connectivity index is 3.20. The molecular weight excluding hydrogens is 266 g/mol. The van der Waals surface area contributed by atoms with E-state index in [1.165, 1.54) is 12.1 Å². The largest absolute Gasteiger partial charge is 0.399 e. The van der Waals surface area contributed by atoms with Gasteiger partial charge in [0.05, 0.1) is 4.90 Å². The van der Waals surface area contributed by atoms with Crippen molar-refractivity contribution in [3.05, 3.63) is 18.2 Å². The lowest BCUT2D eigenvalue weighted by Gasteiger charge is -2.29. The maximum atomic E-state index is 11.4. The first-order valence-electron chi connectivity index (χ1n) is 6.06. The summed E-state index contributed by atoms with van der Waals surface area (Å²) in [5, 5.41) is 14.0. The molecule has 0 amide bonds. The van der Waals surface area contributed by atoms with E-state index in [4.69, 9.17) is 16.0 Å². The summed E-state index contributed by atoms with van der Waals surface area (Å²) in [6.07, 6.45) is 0.595. The molecule has 0 bridgehead atoms. The summed E-state index contributed by atoms with van der Waals surface area (Å²) < 4.78 is 22.8. The highest BCUT2D eigenvalue weighted by molar-refractivity contribution is 7.89. The summed E-state index contributed by atoms with van der Waals surface area (Å²) in [6.45, 7) is 4.66. The molecule has 1 rings (SSSR count). The second-order valence-electron chi connectivity index (χ2n) is 4.67. The van der Waals surface area contributed by atoms with Gasteiger partial charge in [0.15, 0.2) is 0 Å². The van der Waals surface area contributed by atoms with Crippen LogP contribution in [-0.2, 0) is 10.0 Å². The molecular formula is C12H21N3O3S. The maximum absolute atomic E-state index is 11.4. The van der Waals surface area contributed by atoms with E-state index in [2.05, 4.69) is 0 Å². The Morgan fingerprint density at radius 3 is 2.42 bits per heavy atom. The molecule has 0 heterocycles. The van der Waals surface area contributed by atoms with Crippen LogP contribution in [0, 0.1) is 0 Å². The Morgan fingerprint density at radius 1 is 1.32 bits per heavy atom. The number of nitrogens with two attached hydrogens (primary N) is 2. The average molecular weight is 287 g/mol. The van der Waals surface area contributed by atoms with Crippen molar-refractivity contribution in [1.82, 2.24) is 0 Å². The summed E-state index contributed by atoms with van der Waals surface area (Å²) >= 11 is 0. The third-order valence-electron chi connectivity index (χ3n) is 2.75. The van der Waals surface area contributed by atoms with Gasteiger partial charge in [-0.25, -0.2) is 13.6 Å². The number of benzene rings is 1. The highest BCUT2D eigenvalue weighted by Gasteiger charge is 2.15. The number of aliphatic hydroxyl groups is 1. The van der Waals surface area contributed by atoms with Gasteiger partial charge in [-0.05, 0) is 38.5 Å². The Kier molecular flexibility index (Phi) is 5.16. The van der Waals surface area contributed by atoms with Crippen LogP contribution in [0.2, 0.25) is 0 Å². The fourth-order valence-corrected chi connectivity index (χ4v) is 2.45. The Bertz CT molecular complexity index is 529. The van der Waals surface area contributed by atoms with Gasteiger partial charge in [-0.3, -0.25) is 0 Å². The first-order chi connectivity index (χ1) is 8.75. The monoisotopic (exact) mass is 287 g/mol. The Morgan fingerprint density at radius 2 is 1.95 bits per heavy atom. The van der Waals surface area contributed by atoms with E-state index in [-0.39, 0.29) is 17.5 Å². The summed E-state index contributed by atoms with van der Waals surface area (Å²) in [5.41, 5.74) is 6.76. The van der Waals surface area contributed by atoms with Crippen molar-refractivity contribution >= 4 is 21.4 Å². The molecule has 1 aromatic rings. The highest BCUT2D eigenvalue weighted by atomic mass is 32.2. The molecule has 0 aliphatic rings. The smallest absolute Gasteiger partial charge is 0.238 e. The van der Waals surface area contributed by atoms with Crippen LogP contribution in [-0.4, -0.2) is 32.7 Å². The predicted molar refractivity (Wildman–Crippen MR) is 76.4 cm³/mol. The van der Waals surface area contributed by atoms with Gasteiger partial charge in [0.2, 0.25) is 10.0 Å². The zero-order valence-electron chi connectivity index (χ0n) is 11.2. The number of nitrogen functional groups attached to an aromatic ring is 1. The van der Waals surface area contributed by atoms with Crippen LogP contribution in [0.15, 0.2) is 23.1 Å². The van der Waals surface area contributed by atoms with Crippen molar-refractivity contribution in [3.8, 4) is 0 Å². The van der Waals surface area contributed by atoms with Gasteiger partial charge in [-0.15, -0.1) is 0 Å². The van der Waals surface area contributed by atoms with Crippen molar-refractivity contribution in [2.75, 3.05) is 23.8 Å². The molecule has 0 aliphatic heterocycles. The number of hydrogen-bond donors (Lipinski definition) is 3. The molecule has 1 aromatic carbocycles. The van der Waals surface area contributed by atoms with Crippen LogP contribution in [0.4, 0.5) is 11.4 Å². The lowest BCUT2D eigenvalue weighted by Crippen LogP contribution is -2.32. The minimum Gasteiger partial charge on any atom is -0.399 e. The molecule has 7 heteroatoms. The third-order valence-corrected chi connectivity index (χ3v) is 3.65. The number of aliphatic hydroxyl groups excluding tert-OH is 1. The fourth-order valence-electron chi connectivity index (χ4n) is 1.86. The minimum absolute atomic E-state index is 0.00264. The van der Waals surface area contributed by atoms with Gasteiger partial charge < -0.3 is 15.7 Å². The van der Waals surface area contributed by atoms with E-state index in [0.717, 1.165) is 0 Å². The number of primary sulfonamides is 1. The zero-order chi connectivity index (χ0) is 14.6. The van der Waals surface area contributed by atoms with Crippen molar-refractivity contribution in [3.63, 3.8) is 0 Å². The predicted octanol–water partition coefficient (Wildman–Crippen LogP) is 0.513. The average Bonchev–Trinajstić information content (AvgIpc) is 2.27. The van der Waals surface area contributed by atoms with E-state index in [1.807, 2.05) is 18.7 Å². The van der Waals surface area contributed by atoms with E-state index in [9.17, 15) is 8.42 Å². The van der Waals surface area contributed by atoms with Gasteiger partial charge in [0, 0.05) is 30.6 Å². The van der Waals surface area contributed by atoms with Crippen molar-refractivity contribution in [2.45, 2.75) is 31.2 Å². The molecule has 108 valence electrons. The van der Waals surface area contributed by atoms with Crippen molar-refractivity contribution < 1.29 is 13.5 Å². The first kappa shape index (κ1) is 15.7. The zero-order valence-corrected chi connectivity index (χ0v) is 12.0. The van der Waals surface area contributed by atoms with Crippen LogP contribution >= 0.6 is 0 Å².